The van der Waals surface area contributed by atoms with Crippen LogP contribution in [0.2, 0.25) is 0 Å². The predicted octanol–water partition coefficient (Wildman–Crippen LogP) is 1.74. The number of fused-ring (bicyclic) bond motifs is 1. The third kappa shape index (κ3) is 2.78. The molecule has 1 fully saturated rings. The van der Waals surface area contributed by atoms with Crippen LogP contribution in [0, 0.1) is 5.92 Å². The van der Waals surface area contributed by atoms with Crippen molar-refractivity contribution in [3.63, 3.8) is 0 Å². The number of aromatic nitrogens is 2. The molecule has 6 heteroatoms. The fourth-order valence-electron chi connectivity index (χ4n) is 3.78. The third-order valence-electron chi connectivity index (χ3n) is 5.16. The van der Waals surface area contributed by atoms with Gasteiger partial charge >= 0.3 is 0 Å². The molecule has 1 amide bonds. The van der Waals surface area contributed by atoms with Gasteiger partial charge in [-0.2, -0.15) is 5.10 Å². The fourth-order valence-corrected chi connectivity index (χ4v) is 3.78. The van der Waals surface area contributed by atoms with E-state index in [9.17, 15) is 9.59 Å². The lowest BCUT2D eigenvalue weighted by Gasteiger charge is -2.17. The third-order valence-corrected chi connectivity index (χ3v) is 5.16. The van der Waals surface area contributed by atoms with E-state index in [1.165, 1.54) is 5.56 Å². The number of nitrogens with one attached hydrogen (secondary N) is 1. The molecule has 2 atom stereocenters. The monoisotopic (exact) mass is 348 g/mol. The highest BCUT2D eigenvalue weighted by molar-refractivity contribution is 6.04. The highest BCUT2D eigenvalue weighted by atomic mass is 16.2. The summed E-state index contributed by atoms with van der Waals surface area (Å²) < 4.78 is 0. The van der Waals surface area contributed by atoms with Gasteiger partial charge in [0, 0.05) is 24.4 Å². The quantitative estimate of drug-likeness (QED) is 0.754. The topological polar surface area (TPSA) is 92.1 Å². The first-order valence-electron chi connectivity index (χ1n) is 8.70. The predicted molar refractivity (Wildman–Crippen MR) is 100.0 cm³/mol. The van der Waals surface area contributed by atoms with Crippen molar-refractivity contribution in [1.82, 2.24) is 15.1 Å². The summed E-state index contributed by atoms with van der Waals surface area (Å²) in [5, 5.41) is 7.53. The molecule has 1 aliphatic heterocycles. The minimum atomic E-state index is -0.291. The van der Waals surface area contributed by atoms with Crippen LogP contribution >= 0.6 is 0 Å². The average Bonchev–Trinajstić information content (AvgIpc) is 3.13. The smallest absolute Gasteiger partial charge is 0.274 e. The molecule has 1 aliphatic rings. The molecular formula is C20H20N4O2. The number of amides is 1. The molecule has 4 rings (SSSR count). The maximum atomic E-state index is 13.1. The Morgan fingerprint density at radius 3 is 2.50 bits per heavy atom. The van der Waals surface area contributed by atoms with E-state index >= 15 is 0 Å². The molecule has 2 aromatic carbocycles. The summed E-state index contributed by atoms with van der Waals surface area (Å²) in [6, 6.07) is 17.2. The van der Waals surface area contributed by atoms with E-state index in [1.54, 1.807) is 29.2 Å². The molecule has 26 heavy (non-hydrogen) atoms. The van der Waals surface area contributed by atoms with Crippen molar-refractivity contribution in [2.24, 2.45) is 11.7 Å². The van der Waals surface area contributed by atoms with Crippen molar-refractivity contribution in [2.75, 3.05) is 19.6 Å². The molecule has 1 saturated heterocycles. The van der Waals surface area contributed by atoms with E-state index in [1.807, 2.05) is 18.2 Å². The molecule has 0 spiro atoms. The van der Waals surface area contributed by atoms with Crippen LogP contribution in [-0.4, -0.2) is 40.6 Å². The second-order valence-corrected chi connectivity index (χ2v) is 6.67. The largest absolute Gasteiger partial charge is 0.336 e. The van der Waals surface area contributed by atoms with Crippen LogP contribution < -0.4 is 11.3 Å². The molecule has 6 nitrogen and oxygen atoms in total. The van der Waals surface area contributed by atoms with Crippen molar-refractivity contribution < 1.29 is 4.79 Å². The maximum Gasteiger partial charge on any atom is 0.274 e. The van der Waals surface area contributed by atoms with Gasteiger partial charge in [-0.3, -0.25) is 9.59 Å². The number of aromatic amines is 1. The Morgan fingerprint density at radius 1 is 1.08 bits per heavy atom. The fraction of sp³-hybridized carbons (Fsp3) is 0.250. The first-order valence-corrected chi connectivity index (χ1v) is 8.70. The van der Waals surface area contributed by atoms with Crippen molar-refractivity contribution in [2.45, 2.75) is 5.92 Å². The zero-order valence-corrected chi connectivity index (χ0v) is 14.3. The van der Waals surface area contributed by atoms with Crippen molar-refractivity contribution in [3.8, 4) is 0 Å². The Morgan fingerprint density at radius 2 is 1.77 bits per heavy atom. The van der Waals surface area contributed by atoms with Crippen LogP contribution in [0.25, 0.3) is 10.8 Å². The van der Waals surface area contributed by atoms with Gasteiger partial charge in [-0.15, -0.1) is 0 Å². The number of benzene rings is 2. The molecule has 0 radical (unpaired) electrons. The Hall–Kier alpha value is -2.99. The van der Waals surface area contributed by atoms with Crippen LogP contribution in [0.1, 0.15) is 22.0 Å². The summed E-state index contributed by atoms with van der Waals surface area (Å²) in [6.07, 6.45) is 0. The van der Waals surface area contributed by atoms with Gasteiger partial charge in [0.25, 0.3) is 11.5 Å². The summed E-state index contributed by atoms with van der Waals surface area (Å²) in [7, 11) is 0. The normalized spacial score (nSPS) is 19.8. The minimum absolute atomic E-state index is 0.172. The lowest BCUT2D eigenvalue weighted by Crippen LogP contribution is -2.31. The lowest BCUT2D eigenvalue weighted by atomic mass is 9.89. The first-order chi connectivity index (χ1) is 12.7. The zero-order chi connectivity index (χ0) is 18.1. The molecular weight excluding hydrogens is 328 g/mol. The van der Waals surface area contributed by atoms with E-state index in [2.05, 4.69) is 22.3 Å². The van der Waals surface area contributed by atoms with Crippen molar-refractivity contribution in [3.05, 3.63) is 76.2 Å². The van der Waals surface area contributed by atoms with Gasteiger partial charge in [0.1, 0.15) is 0 Å². The lowest BCUT2D eigenvalue weighted by molar-refractivity contribution is 0.0781. The minimum Gasteiger partial charge on any atom is -0.336 e. The standard InChI is InChI=1S/C20H20N4O2/c21-10-14-11-24(12-17(14)13-6-2-1-3-7-13)20(26)18-15-8-4-5-9-16(15)19(25)23-22-18/h1-9,14,17H,10-12,21H2,(H,23,25)/t14-,17+/m1/s1. The van der Waals surface area contributed by atoms with E-state index in [4.69, 9.17) is 5.73 Å². The van der Waals surface area contributed by atoms with Crippen LogP contribution in [-0.2, 0) is 0 Å². The van der Waals surface area contributed by atoms with E-state index < -0.39 is 0 Å². The number of likely N-dealkylation sites (tertiary alicyclic amines) is 1. The number of H-pyrrole nitrogens is 1. The Balaban J connectivity index is 1.68. The Labute approximate surface area is 150 Å². The number of nitrogens with zero attached hydrogens (tertiary/aromatic N) is 2. The number of hydrogen-bond donors (Lipinski definition) is 2. The van der Waals surface area contributed by atoms with Crippen molar-refractivity contribution >= 4 is 16.7 Å². The highest BCUT2D eigenvalue weighted by Gasteiger charge is 2.36. The molecule has 3 N–H and O–H groups in total. The van der Waals surface area contributed by atoms with Gasteiger partial charge in [-0.1, -0.05) is 48.5 Å². The SMILES string of the molecule is NC[C@@H]1CN(C(=O)c2n[nH]c(=O)c3ccccc23)C[C@H]1c1ccccc1. The maximum absolute atomic E-state index is 13.1. The van der Waals surface area contributed by atoms with Crippen LogP contribution in [0.15, 0.2) is 59.4 Å². The van der Waals surface area contributed by atoms with Crippen molar-refractivity contribution in [1.29, 1.82) is 0 Å². The number of carbonyl (C=O) groups excluding carboxylic acids is 1. The van der Waals surface area contributed by atoms with Gasteiger partial charge in [0.05, 0.1) is 5.39 Å². The Bertz CT molecular complexity index is 999. The first kappa shape index (κ1) is 16.5. The van der Waals surface area contributed by atoms with Gasteiger partial charge in [-0.25, -0.2) is 5.10 Å². The number of carbonyl (C=O) groups is 1. The molecule has 2 heterocycles. The summed E-state index contributed by atoms with van der Waals surface area (Å²) in [6.45, 7) is 1.70. The number of nitrogens with two attached hydrogens (primary N) is 1. The molecule has 0 unspecified atom stereocenters. The molecule has 3 aromatic rings. The van der Waals surface area contributed by atoms with Gasteiger partial charge in [0.15, 0.2) is 5.69 Å². The molecule has 0 bridgehead atoms. The van der Waals surface area contributed by atoms with Gasteiger partial charge in [0.2, 0.25) is 0 Å². The van der Waals surface area contributed by atoms with Crippen LogP contribution in [0.3, 0.4) is 0 Å². The van der Waals surface area contributed by atoms with E-state index in [0.29, 0.717) is 30.4 Å². The molecule has 1 aromatic heterocycles. The van der Waals surface area contributed by atoms with E-state index in [0.717, 1.165) is 0 Å². The number of rotatable bonds is 3. The van der Waals surface area contributed by atoms with E-state index in [-0.39, 0.29) is 29.0 Å². The van der Waals surface area contributed by atoms with Gasteiger partial charge < -0.3 is 10.6 Å². The summed E-state index contributed by atoms with van der Waals surface area (Å²) in [4.78, 5) is 26.9. The number of hydrogen-bond acceptors (Lipinski definition) is 4. The molecule has 0 saturated carbocycles. The van der Waals surface area contributed by atoms with Gasteiger partial charge in [-0.05, 0) is 24.1 Å². The zero-order valence-electron chi connectivity index (χ0n) is 14.3. The summed E-state index contributed by atoms with van der Waals surface area (Å²) >= 11 is 0. The average molecular weight is 348 g/mol. The Kier molecular flexibility index (Phi) is 4.26. The van der Waals surface area contributed by atoms with Crippen LogP contribution in [0.4, 0.5) is 0 Å². The molecule has 132 valence electrons. The summed E-state index contributed by atoms with van der Waals surface area (Å²) in [5.41, 5.74) is 7.16. The second-order valence-electron chi connectivity index (χ2n) is 6.67. The summed E-state index contributed by atoms with van der Waals surface area (Å²) in [5.74, 6) is 0.240. The molecule has 0 aliphatic carbocycles. The highest BCUT2D eigenvalue weighted by Crippen LogP contribution is 2.33. The van der Waals surface area contributed by atoms with Crippen LogP contribution in [0.5, 0.6) is 0 Å². The second kappa shape index (κ2) is 6.72.